The third kappa shape index (κ3) is 4.26. The molecule has 0 N–H and O–H groups in total. The molecule has 2 amide bonds. The Balaban J connectivity index is 2.33. The first kappa shape index (κ1) is 13.1. The van der Waals surface area contributed by atoms with Crippen LogP contribution in [0.4, 0.5) is 0 Å². The van der Waals surface area contributed by atoms with E-state index >= 15 is 0 Å². The van der Waals surface area contributed by atoms with Crippen LogP contribution in [0, 0.1) is 0 Å². The molecular weight excluding hydrogens is 527 g/mol. The van der Waals surface area contributed by atoms with Gasteiger partial charge in [0.15, 0.2) is 0 Å². The smallest absolute Gasteiger partial charge is 0.253 e. The second-order valence-corrected chi connectivity index (χ2v) is 13.2. The van der Waals surface area contributed by atoms with Crippen LogP contribution >= 0.6 is 67.8 Å². The van der Waals surface area contributed by atoms with E-state index in [0.717, 1.165) is 4.90 Å². The number of hydrogen-bond acceptors (Lipinski definition) is 3. The number of halogens is 3. The topological polar surface area (TPSA) is 46.6 Å². The van der Waals surface area contributed by atoms with E-state index in [9.17, 15) is 9.59 Å². The van der Waals surface area contributed by atoms with Gasteiger partial charge in [0.2, 0.25) is -0.379 Å². The van der Waals surface area contributed by atoms with Crippen molar-refractivity contribution in [2.75, 3.05) is 13.2 Å². The van der Waals surface area contributed by atoms with Gasteiger partial charge in [-0.15, -0.1) is 0 Å². The fourth-order valence-electron chi connectivity index (χ4n) is 0.904. The molecule has 0 fully saturated rings. The molecule has 78 valence electrons. The van der Waals surface area contributed by atoms with Gasteiger partial charge in [-0.05, 0) is 67.8 Å². The molecule has 7 heteroatoms. The third-order valence-corrected chi connectivity index (χ3v) is 2.42. The van der Waals surface area contributed by atoms with E-state index in [1.807, 2.05) is 0 Å². The van der Waals surface area contributed by atoms with Crippen molar-refractivity contribution in [3.63, 3.8) is 0 Å². The predicted octanol–water partition coefficient (Wildman–Crippen LogP) is 1.84. The SMILES string of the molecule is O=C1C=CC(=O)N1CCOC(I)(I)I. The highest BCUT2D eigenvalue weighted by molar-refractivity contribution is 14.3. The lowest BCUT2D eigenvalue weighted by Gasteiger charge is -2.17. The minimum Gasteiger partial charge on any atom is -0.345 e. The minimum atomic E-state index is -0.327. The van der Waals surface area contributed by atoms with Gasteiger partial charge in [0, 0.05) is 12.2 Å². The largest absolute Gasteiger partial charge is 0.345 e. The van der Waals surface area contributed by atoms with Crippen LogP contribution in [0.3, 0.4) is 0 Å². The highest BCUT2D eigenvalue weighted by atomic mass is 127. The van der Waals surface area contributed by atoms with Crippen LogP contribution in [0.5, 0.6) is 0 Å². The normalized spacial score (nSPS) is 16.9. The Morgan fingerprint density at radius 2 is 1.71 bits per heavy atom. The van der Waals surface area contributed by atoms with E-state index < -0.39 is 0 Å². The molecule has 1 heterocycles. The molecule has 0 aromatic carbocycles. The zero-order chi connectivity index (χ0) is 10.8. The van der Waals surface area contributed by atoms with Gasteiger partial charge in [-0.1, -0.05) is 0 Å². The molecule has 1 aliphatic rings. The molecule has 1 aliphatic heterocycles. The highest BCUT2D eigenvalue weighted by Crippen LogP contribution is 2.36. The van der Waals surface area contributed by atoms with E-state index in [4.69, 9.17) is 4.74 Å². The average molecular weight is 533 g/mol. The van der Waals surface area contributed by atoms with Crippen LogP contribution in [0.15, 0.2) is 12.2 Å². The molecule has 0 aromatic rings. The van der Waals surface area contributed by atoms with Crippen LogP contribution in [0.1, 0.15) is 0 Å². The summed E-state index contributed by atoms with van der Waals surface area (Å²) in [6.07, 6.45) is 2.54. The van der Waals surface area contributed by atoms with Gasteiger partial charge in [-0.25, -0.2) is 0 Å². The van der Waals surface area contributed by atoms with Crippen molar-refractivity contribution in [3.05, 3.63) is 12.2 Å². The number of nitrogens with zero attached hydrogens (tertiary/aromatic N) is 1. The second kappa shape index (κ2) is 5.39. The number of hydrogen-bond donors (Lipinski definition) is 0. The van der Waals surface area contributed by atoms with Crippen molar-refractivity contribution in [3.8, 4) is 0 Å². The summed E-state index contributed by atoms with van der Waals surface area (Å²) < 4.78 is 5.05. The maximum absolute atomic E-state index is 11.1. The molecule has 0 spiro atoms. The Labute approximate surface area is 122 Å². The van der Waals surface area contributed by atoms with Crippen LogP contribution in [0.2, 0.25) is 0 Å². The molecule has 0 unspecified atom stereocenters. The quantitative estimate of drug-likeness (QED) is 0.315. The maximum Gasteiger partial charge on any atom is 0.253 e. The Kier molecular flexibility index (Phi) is 5.04. The first-order chi connectivity index (χ1) is 6.40. The monoisotopic (exact) mass is 533 g/mol. The zero-order valence-corrected chi connectivity index (χ0v) is 13.3. The third-order valence-electron chi connectivity index (χ3n) is 1.48. The van der Waals surface area contributed by atoms with Gasteiger partial charge in [0.1, 0.15) is 0 Å². The fourth-order valence-corrected chi connectivity index (χ4v) is 1.56. The molecular formula is C7H6I3NO3. The van der Waals surface area contributed by atoms with Gasteiger partial charge in [0.05, 0.1) is 13.2 Å². The number of rotatable bonds is 4. The molecule has 0 aromatic heterocycles. The maximum atomic E-state index is 11.1. The predicted molar refractivity (Wildman–Crippen MR) is 76.6 cm³/mol. The van der Waals surface area contributed by atoms with Gasteiger partial charge in [0.25, 0.3) is 11.8 Å². The lowest BCUT2D eigenvalue weighted by atomic mass is 10.5. The number of ether oxygens (including phenoxy) is 1. The lowest BCUT2D eigenvalue weighted by molar-refractivity contribution is -0.137. The van der Waals surface area contributed by atoms with Crippen molar-refractivity contribution in [2.24, 2.45) is 0 Å². The first-order valence-electron chi connectivity index (χ1n) is 3.64. The number of carbonyl (C=O) groups excluding carboxylic acids is 2. The molecule has 0 saturated carbocycles. The molecule has 1 rings (SSSR count). The summed E-state index contributed by atoms with van der Waals surface area (Å²) in [5, 5.41) is 0. The van der Waals surface area contributed by atoms with E-state index in [-0.39, 0.29) is 11.4 Å². The van der Waals surface area contributed by atoms with Crippen LogP contribution in [0.25, 0.3) is 0 Å². The second-order valence-electron chi connectivity index (χ2n) is 2.46. The van der Waals surface area contributed by atoms with Gasteiger partial charge in [-0.3, -0.25) is 14.5 Å². The van der Waals surface area contributed by atoms with Crippen molar-refractivity contribution in [1.29, 1.82) is 0 Å². The van der Waals surface area contributed by atoms with E-state index in [1.54, 1.807) is 0 Å². The van der Waals surface area contributed by atoms with Crippen LogP contribution in [-0.4, -0.2) is 29.5 Å². The summed E-state index contributed by atoms with van der Waals surface area (Å²) in [6.45, 7) is 0.662. The summed E-state index contributed by atoms with van der Waals surface area (Å²) in [6, 6.07) is 0. The van der Waals surface area contributed by atoms with Crippen molar-refractivity contribution >= 4 is 79.6 Å². The van der Waals surface area contributed by atoms with Crippen molar-refractivity contribution < 1.29 is 14.3 Å². The Morgan fingerprint density at radius 1 is 1.21 bits per heavy atom. The Hall–Kier alpha value is 1.03. The Bertz CT molecular complexity index is 266. The van der Waals surface area contributed by atoms with Crippen LogP contribution in [-0.2, 0) is 14.3 Å². The summed E-state index contributed by atoms with van der Waals surface area (Å²) in [7, 11) is 0. The molecule has 0 bridgehead atoms. The zero-order valence-electron chi connectivity index (χ0n) is 6.87. The molecule has 0 saturated heterocycles. The van der Waals surface area contributed by atoms with Gasteiger partial charge in [-0.2, -0.15) is 0 Å². The number of alkyl halides is 3. The standard InChI is InChI=1S/C7H6I3NO3/c8-7(9,10)14-4-3-11-5(12)1-2-6(11)13/h1-2H,3-4H2. The van der Waals surface area contributed by atoms with Crippen molar-refractivity contribution in [1.82, 2.24) is 4.90 Å². The summed E-state index contributed by atoms with van der Waals surface area (Å²) >= 11 is 6.36. The molecule has 0 atom stereocenters. The number of carbonyl (C=O) groups is 2. The van der Waals surface area contributed by atoms with E-state index in [0.29, 0.717) is 13.2 Å². The molecule has 14 heavy (non-hydrogen) atoms. The fraction of sp³-hybridized carbons (Fsp3) is 0.429. The van der Waals surface area contributed by atoms with Gasteiger partial charge < -0.3 is 4.74 Å². The van der Waals surface area contributed by atoms with E-state index in [2.05, 4.69) is 67.8 Å². The minimum absolute atomic E-state index is 0.264. The summed E-state index contributed by atoms with van der Waals surface area (Å²) in [4.78, 5) is 23.4. The molecule has 0 aliphatic carbocycles. The lowest BCUT2D eigenvalue weighted by Crippen LogP contribution is -2.33. The average Bonchev–Trinajstić information content (AvgIpc) is 2.33. The highest BCUT2D eigenvalue weighted by Gasteiger charge is 2.24. The molecule has 4 nitrogen and oxygen atoms in total. The molecule has 0 radical (unpaired) electrons. The first-order valence-corrected chi connectivity index (χ1v) is 6.88. The summed E-state index contributed by atoms with van der Waals surface area (Å²) in [5.74, 6) is -0.529. The van der Waals surface area contributed by atoms with Gasteiger partial charge >= 0.3 is 0 Å². The Morgan fingerprint density at radius 3 is 2.14 bits per heavy atom. The van der Waals surface area contributed by atoms with Crippen LogP contribution < -0.4 is 0 Å². The number of amides is 2. The summed E-state index contributed by atoms with van der Waals surface area (Å²) in [5.41, 5.74) is 0. The van der Waals surface area contributed by atoms with Crippen molar-refractivity contribution in [2.45, 2.75) is -0.379 Å². The van der Waals surface area contributed by atoms with E-state index in [1.165, 1.54) is 12.2 Å². The number of imide groups is 1.